The van der Waals surface area contributed by atoms with Crippen LogP contribution < -0.4 is 35.1 Å². The minimum absolute atomic E-state index is 0. The van der Waals surface area contributed by atoms with E-state index in [1.54, 1.807) is 25.0 Å². The number of fused-ring (bicyclic) bond motifs is 1. The van der Waals surface area contributed by atoms with Crippen molar-refractivity contribution in [3.05, 3.63) is 16.7 Å². The van der Waals surface area contributed by atoms with Crippen molar-refractivity contribution >= 4 is 36.2 Å². The summed E-state index contributed by atoms with van der Waals surface area (Å²) in [5.74, 6) is 0. The van der Waals surface area contributed by atoms with E-state index < -0.39 is 0 Å². The molecule has 2 rings (SSSR count). The third-order valence-corrected chi connectivity index (χ3v) is 2.27. The van der Waals surface area contributed by atoms with Gasteiger partial charge in [-0.3, -0.25) is 4.79 Å². The van der Waals surface area contributed by atoms with E-state index in [0.717, 1.165) is 0 Å². The number of halogens is 1. The fourth-order valence-electron chi connectivity index (χ4n) is 1.12. The van der Waals surface area contributed by atoms with E-state index in [9.17, 15) is 4.79 Å². The molecule has 15 heavy (non-hydrogen) atoms. The summed E-state index contributed by atoms with van der Waals surface area (Å²) in [5.41, 5.74) is 0.697. The normalized spacial score (nSPS) is 9.47. The summed E-state index contributed by atoms with van der Waals surface area (Å²) in [6, 6.07) is 0. The van der Waals surface area contributed by atoms with Crippen LogP contribution in [0.3, 0.4) is 0 Å². The first-order valence-electron chi connectivity index (χ1n) is 3.66. The molecular weight excluding hydrogens is 247 g/mol. The molecule has 0 saturated carbocycles. The molecule has 0 N–H and O–H groups in total. The number of rotatable bonds is 0. The molecule has 2 aromatic heterocycles. The smallest absolute Gasteiger partial charge is 0.742 e. The summed E-state index contributed by atoms with van der Waals surface area (Å²) >= 11 is 4.90. The van der Waals surface area contributed by atoms with E-state index >= 15 is 0 Å². The molecule has 2 aromatic rings. The van der Waals surface area contributed by atoms with Crippen molar-refractivity contribution in [1.82, 2.24) is 19.1 Å². The predicted molar refractivity (Wildman–Crippen MR) is 56.6 cm³/mol. The van der Waals surface area contributed by atoms with Crippen molar-refractivity contribution in [3.63, 3.8) is 0 Å². The van der Waals surface area contributed by atoms with Crippen LogP contribution in [-0.4, -0.2) is 19.1 Å². The zero-order valence-electron chi connectivity index (χ0n) is 8.59. The van der Waals surface area contributed by atoms with E-state index in [1.165, 1.54) is 4.57 Å². The average molecular weight is 255 g/mol. The van der Waals surface area contributed by atoms with Gasteiger partial charge in [-0.15, -0.1) is 12.4 Å². The second-order valence-electron chi connectivity index (χ2n) is 2.79. The van der Waals surface area contributed by atoms with Gasteiger partial charge in [0, 0.05) is 14.1 Å². The summed E-state index contributed by atoms with van der Waals surface area (Å²) in [5, 5.41) is 0.279. The molecule has 0 aliphatic carbocycles. The van der Waals surface area contributed by atoms with Crippen LogP contribution in [0, 0.1) is 0 Å². The maximum absolute atomic E-state index is 11.5. The molecule has 0 amide bonds. The van der Waals surface area contributed by atoms with Gasteiger partial charge in [0.2, 0.25) is 0 Å². The van der Waals surface area contributed by atoms with Crippen LogP contribution in [0.5, 0.6) is 0 Å². The van der Waals surface area contributed by atoms with Crippen molar-refractivity contribution in [2.24, 2.45) is 14.1 Å². The van der Waals surface area contributed by atoms with Crippen LogP contribution >= 0.6 is 12.4 Å². The molecule has 0 fully saturated rings. The summed E-state index contributed by atoms with van der Waals surface area (Å²) in [4.78, 5) is 19.6. The monoisotopic (exact) mass is 254 g/mol. The quantitative estimate of drug-likeness (QED) is 0.286. The maximum atomic E-state index is 11.5. The first-order chi connectivity index (χ1) is 6.11. The molecule has 0 atom stereocenters. The number of hydrogen-bond acceptors (Lipinski definition) is 4. The zero-order valence-corrected chi connectivity index (χ0v) is 12.2. The Hall–Kier alpha value is -0.140. The molecule has 0 unspecified atom stereocenters. The van der Waals surface area contributed by atoms with Gasteiger partial charge in [0.05, 0.1) is 6.33 Å². The minimum atomic E-state index is -0.199. The number of nitrogens with zero attached hydrogens (tertiary/aromatic N) is 4. The van der Waals surface area contributed by atoms with Gasteiger partial charge in [-0.2, -0.15) is 0 Å². The SMILES string of the molecule is Cl.Cn1c([S-])nc2c(ncn2C)c1=O.[Na+]. The van der Waals surface area contributed by atoms with E-state index in [4.69, 9.17) is 12.6 Å². The number of imidazole rings is 1. The van der Waals surface area contributed by atoms with Crippen LogP contribution in [0.25, 0.3) is 11.2 Å². The number of hydrogen-bond donors (Lipinski definition) is 0. The van der Waals surface area contributed by atoms with Gasteiger partial charge in [-0.1, -0.05) is 0 Å². The number of aromatic nitrogens is 4. The topological polar surface area (TPSA) is 52.7 Å². The molecule has 0 saturated heterocycles. The minimum Gasteiger partial charge on any atom is -0.742 e. The summed E-state index contributed by atoms with van der Waals surface area (Å²) < 4.78 is 2.98. The Kier molecular flexibility index (Phi) is 5.22. The van der Waals surface area contributed by atoms with Crippen molar-refractivity contribution in [1.29, 1.82) is 0 Å². The van der Waals surface area contributed by atoms with Crippen LogP contribution in [-0.2, 0) is 26.7 Å². The Morgan fingerprint density at radius 2 is 2.00 bits per heavy atom. The Labute approximate surface area is 120 Å². The van der Waals surface area contributed by atoms with Gasteiger partial charge in [0.25, 0.3) is 5.56 Å². The zero-order chi connectivity index (χ0) is 9.59. The molecular formula is C7H8ClN4NaOS. The fourth-order valence-corrected chi connectivity index (χ4v) is 1.29. The molecule has 0 spiro atoms. The standard InChI is InChI=1S/C7H8N4OS.ClH.Na/c1-10-3-8-4-5(10)9-7(13)11(2)6(4)12;;/h3H,1-2H3,(H,9,13);1H;/q;;+1/p-1. The van der Waals surface area contributed by atoms with Crippen molar-refractivity contribution in [2.75, 3.05) is 0 Å². The Morgan fingerprint density at radius 1 is 1.40 bits per heavy atom. The average Bonchev–Trinajstić information content (AvgIpc) is 2.45. The van der Waals surface area contributed by atoms with E-state index in [-0.39, 0.29) is 52.7 Å². The van der Waals surface area contributed by atoms with Crippen LogP contribution in [0.15, 0.2) is 16.3 Å². The van der Waals surface area contributed by atoms with Gasteiger partial charge in [0.15, 0.2) is 11.2 Å². The van der Waals surface area contributed by atoms with Gasteiger partial charge in [-0.25, -0.2) is 9.97 Å². The third kappa shape index (κ3) is 2.34. The molecule has 5 nitrogen and oxygen atoms in total. The van der Waals surface area contributed by atoms with Gasteiger partial charge >= 0.3 is 29.6 Å². The molecule has 2 heterocycles. The maximum Gasteiger partial charge on any atom is 1.00 e. The molecule has 0 aromatic carbocycles. The van der Waals surface area contributed by atoms with E-state index in [2.05, 4.69) is 9.97 Å². The second kappa shape index (κ2) is 5.27. The van der Waals surface area contributed by atoms with Crippen LogP contribution in [0.4, 0.5) is 0 Å². The number of aryl methyl sites for hydroxylation is 1. The van der Waals surface area contributed by atoms with Gasteiger partial charge < -0.3 is 21.8 Å². The molecule has 0 aliphatic rings. The van der Waals surface area contributed by atoms with Crippen molar-refractivity contribution < 1.29 is 29.6 Å². The fraction of sp³-hybridized carbons (Fsp3) is 0.286. The molecule has 8 heteroatoms. The van der Waals surface area contributed by atoms with Crippen LogP contribution in [0.1, 0.15) is 0 Å². The van der Waals surface area contributed by atoms with Crippen molar-refractivity contribution in [2.45, 2.75) is 5.16 Å². The summed E-state index contributed by atoms with van der Waals surface area (Å²) in [6.45, 7) is 0. The summed E-state index contributed by atoms with van der Waals surface area (Å²) in [6.07, 6.45) is 1.55. The van der Waals surface area contributed by atoms with Crippen LogP contribution in [0.2, 0.25) is 0 Å². The third-order valence-electron chi connectivity index (χ3n) is 1.90. The molecule has 76 valence electrons. The predicted octanol–water partition coefficient (Wildman–Crippen LogP) is -3.00. The van der Waals surface area contributed by atoms with Crippen molar-refractivity contribution in [3.8, 4) is 0 Å². The summed E-state index contributed by atoms with van der Waals surface area (Å²) in [7, 11) is 3.36. The molecule has 0 radical (unpaired) electrons. The van der Waals surface area contributed by atoms with E-state index in [1.807, 2.05) is 0 Å². The Morgan fingerprint density at radius 3 is 2.60 bits per heavy atom. The molecule has 0 aliphatic heterocycles. The second-order valence-corrected chi connectivity index (χ2v) is 3.15. The first kappa shape index (κ1) is 14.9. The Bertz CT molecular complexity index is 538. The van der Waals surface area contributed by atoms with Gasteiger partial charge in [-0.05, 0) is 5.16 Å². The molecule has 0 bridgehead atoms. The van der Waals surface area contributed by atoms with Gasteiger partial charge in [0.1, 0.15) is 0 Å². The Balaban J connectivity index is 0.000000980. The van der Waals surface area contributed by atoms with E-state index in [0.29, 0.717) is 11.2 Å². The largest absolute Gasteiger partial charge is 1.00 e. The first-order valence-corrected chi connectivity index (χ1v) is 4.07.